The SMILES string of the molecule is CC(O)C(NC(=O)C(N)CC(=O)O)C(=O)NC(CCCCN)C(=O)NC(Cc1ccccc1)C(=O)O. The molecule has 13 nitrogen and oxygen atoms in total. The van der Waals surface area contributed by atoms with E-state index in [0.29, 0.717) is 24.9 Å². The molecule has 0 aromatic heterocycles. The monoisotopic (exact) mass is 509 g/mol. The molecule has 0 spiro atoms. The Balaban J connectivity index is 2.98. The molecule has 0 aliphatic rings. The normalized spacial score (nSPS) is 15.0. The van der Waals surface area contributed by atoms with Crippen LogP contribution in [0.25, 0.3) is 0 Å². The number of aliphatic hydroxyl groups is 1. The van der Waals surface area contributed by atoms with Gasteiger partial charge in [0.25, 0.3) is 0 Å². The van der Waals surface area contributed by atoms with Crippen LogP contribution < -0.4 is 27.4 Å². The topological polar surface area (TPSA) is 234 Å². The lowest BCUT2D eigenvalue weighted by Gasteiger charge is -2.26. The number of benzene rings is 1. The average molecular weight is 510 g/mol. The summed E-state index contributed by atoms with van der Waals surface area (Å²) in [7, 11) is 0. The smallest absolute Gasteiger partial charge is 0.326 e. The maximum absolute atomic E-state index is 13.0. The number of hydrogen-bond acceptors (Lipinski definition) is 8. The first-order valence-electron chi connectivity index (χ1n) is 11.5. The van der Waals surface area contributed by atoms with Crippen molar-refractivity contribution in [1.82, 2.24) is 16.0 Å². The molecule has 0 aliphatic carbocycles. The van der Waals surface area contributed by atoms with Gasteiger partial charge in [-0.05, 0) is 38.3 Å². The lowest BCUT2D eigenvalue weighted by Crippen LogP contribution is -2.60. The number of aliphatic carboxylic acids is 2. The number of carboxylic acid groups (broad SMARTS) is 2. The zero-order valence-corrected chi connectivity index (χ0v) is 20.1. The van der Waals surface area contributed by atoms with Crippen molar-refractivity contribution < 1.29 is 39.3 Å². The standard InChI is InChI=1S/C23H35N5O8/c1-13(29)19(28-20(32)15(25)12-18(30)31)22(34)26-16(9-5-6-10-24)21(33)27-17(23(35)36)11-14-7-3-2-4-8-14/h2-4,7-8,13,15-17,19,29H,5-6,9-12,24-25H2,1H3,(H,26,34)(H,27,33)(H,28,32)(H,30,31)(H,35,36). The van der Waals surface area contributed by atoms with Gasteiger partial charge in [-0.15, -0.1) is 0 Å². The Bertz CT molecular complexity index is 896. The summed E-state index contributed by atoms with van der Waals surface area (Å²) in [5.74, 6) is -5.25. The number of carbonyl (C=O) groups excluding carboxylic acids is 3. The second kappa shape index (κ2) is 15.4. The first-order chi connectivity index (χ1) is 17.0. The fourth-order valence-corrected chi connectivity index (χ4v) is 3.29. The van der Waals surface area contributed by atoms with Crippen molar-refractivity contribution in [2.45, 2.75) is 69.3 Å². The Kier molecular flexibility index (Phi) is 13.1. The molecule has 10 N–H and O–H groups in total. The molecule has 1 rings (SSSR count). The fraction of sp³-hybridized carbons (Fsp3) is 0.522. The van der Waals surface area contributed by atoms with E-state index >= 15 is 0 Å². The molecule has 0 fully saturated rings. The number of hydrogen-bond donors (Lipinski definition) is 8. The van der Waals surface area contributed by atoms with Crippen molar-refractivity contribution >= 4 is 29.7 Å². The Hall–Kier alpha value is -3.55. The number of unbranched alkanes of at least 4 members (excludes halogenated alkanes) is 1. The number of aliphatic hydroxyl groups excluding tert-OH is 1. The van der Waals surface area contributed by atoms with Gasteiger partial charge in [0.05, 0.1) is 18.6 Å². The minimum absolute atomic E-state index is 0.0131. The van der Waals surface area contributed by atoms with E-state index in [1.54, 1.807) is 30.3 Å². The third-order valence-electron chi connectivity index (χ3n) is 5.27. The zero-order valence-electron chi connectivity index (χ0n) is 20.1. The Labute approximate surface area is 208 Å². The highest BCUT2D eigenvalue weighted by Crippen LogP contribution is 2.07. The predicted molar refractivity (Wildman–Crippen MR) is 128 cm³/mol. The van der Waals surface area contributed by atoms with Gasteiger partial charge in [0.2, 0.25) is 17.7 Å². The van der Waals surface area contributed by atoms with Crippen LogP contribution in [0.4, 0.5) is 0 Å². The molecule has 0 heterocycles. The third-order valence-corrected chi connectivity index (χ3v) is 5.27. The second-order valence-electron chi connectivity index (χ2n) is 8.37. The molecule has 0 saturated carbocycles. The van der Waals surface area contributed by atoms with Crippen LogP contribution in [0.2, 0.25) is 0 Å². The van der Waals surface area contributed by atoms with Gasteiger partial charge in [-0.3, -0.25) is 19.2 Å². The maximum atomic E-state index is 13.0. The van der Waals surface area contributed by atoms with Crippen molar-refractivity contribution in [3.8, 4) is 0 Å². The summed E-state index contributed by atoms with van der Waals surface area (Å²) in [6.07, 6.45) is -1.01. The van der Waals surface area contributed by atoms with E-state index in [9.17, 15) is 34.2 Å². The van der Waals surface area contributed by atoms with E-state index in [1.807, 2.05) is 0 Å². The zero-order chi connectivity index (χ0) is 27.3. The molecule has 36 heavy (non-hydrogen) atoms. The van der Waals surface area contributed by atoms with E-state index in [2.05, 4.69) is 16.0 Å². The third kappa shape index (κ3) is 10.8. The van der Waals surface area contributed by atoms with Gasteiger partial charge in [-0.1, -0.05) is 30.3 Å². The molecule has 3 amide bonds. The van der Waals surface area contributed by atoms with Crippen molar-refractivity contribution in [2.75, 3.05) is 6.54 Å². The van der Waals surface area contributed by atoms with E-state index in [-0.39, 0.29) is 12.8 Å². The highest BCUT2D eigenvalue weighted by atomic mass is 16.4. The second-order valence-corrected chi connectivity index (χ2v) is 8.37. The molecule has 200 valence electrons. The molecular formula is C23H35N5O8. The summed E-state index contributed by atoms with van der Waals surface area (Å²) < 4.78 is 0. The lowest BCUT2D eigenvalue weighted by atomic mass is 10.0. The average Bonchev–Trinajstić information content (AvgIpc) is 2.81. The van der Waals surface area contributed by atoms with Crippen LogP contribution in [-0.2, 0) is 30.4 Å². The first kappa shape index (κ1) is 30.5. The molecule has 0 radical (unpaired) electrons. The molecular weight excluding hydrogens is 474 g/mol. The van der Waals surface area contributed by atoms with Crippen LogP contribution in [0.5, 0.6) is 0 Å². The van der Waals surface area contributed by atoms with Crippen molar-refractivity contribution in [3.05, 3.63) is 35.9 Å². The fourth-order valence-electron chi connectivity index (χ4n) is 3.29. The summed E-state index contributed by atoms with van der Waals surface area (Å²) >= 11 is 0. The summed E-state index contributed by atoms with van der Waals surface area (Å²) in [5.41, 5.74) is 11.7. The summed E-state index contributed by atoms with van der Waals surface area (Å²) in [5, 5.41) is 35.4. The van der Waals surface area contributed by atoms with Crippen LogP contribution in [0.15, 0.2) is 30.3 Å². The first-order valence-corrected chi connectivity index (χ1v) is 11.5. The highest BCUT2D eigenvalue weighted by Gasteiger charge is 2.32. The van der Waals surface area contributed by atoms with Crippen LogP contribution in [0, 0.1) is 0 Å². The molecule has 13 heteroatoms. The number of carbonyl (C=O) groups is 5. The molecule has 5 atom stereocenters. The number of nitrogens with one attached hydrogen (secondary N) is 3. The summed E-state index contributed by atoms with van der Waals surface area (Å²) in [6, 6.07) is 3.21. The predicted octanol–water partition coefficient (Wildman–Crippen LogP) is -1.92. The van der Waals surface area contributed by atoms with Gasteiger partial charge in [0.1, 0.15) is 18.1 Å². The molecule has 1 aromatic carbocycles. The van der Waals surface area contributed by atoms with Gasteiger partial charge < -0.3 is 42.7 Å². The Morgan fingerprint density at radius 3 is 2.03 bits per heavy atom. The molecule has 0 aliphatic heterocycles. The van der Waals surface area contributed by atoms with Crippen LogP contribution in [-0.4, -0.2) is 81.8 Å². The van der Waals surface area contributed by atoms with E-state index in [4.69, 9.17) is 16.6 Å². The lowest BCUT2D eigenvalue weighted by molar-refractivity contribution is -0.142. The number of amides is 3. The Morgan fingerprint density at radius 2 is 1.50 bits per heavy atom. The Morgan fingerprint density at radius 1 is 0.889 bits per heavy atom. The molecule has 5 unspecified atom stereocenters. The highest BCUT2D eigenvalue weighted by molar-refractivity contribution is 5.95. The van der Waals surface area contributed by atoms with Crippen LogP contribution in [0.3, 0.4) is 0 Å². The molecule has 0 saturated heterocycles. The van der Waals surface area contributed by atoms with Gasteiger partial charge in [0, 0.05) is 6.42 Å². The minimum Gasteiger partial charge on any atom is -0.481 e. The van der Waals surface area contributed by atoms with Crippen molar-refractivity contribution in [2.24, 2.45) is 11.5 Å². The van der Waals surface area contributed by atoms with Crippen molar-refractivity contribution in [1.29, 1.82) is 0 Å². The van der Waals surface area contributed by atoms with Gasteiger partial charge >= 0.3 is 11.9 Å². The maximum Gasteiger partial charge on any atom is 0.326 e. The quantitative estimate of drug-likeness (QED) is 0.115. The van der Waals surface area contributed by atoms with Crippen LogP contribution >= 0.6 is 0 Å². The number of nitrogens with two attached hydrogens (primary N) is 2. The van der Waals surface area contributed by atoms with Gasteiger partial charge in [-0.2, -0.15) is 0 Å². The van der Waals surface area contributed by atoms with E-state index < -0.39 is 66.4 Å². The molecule has 0 bridgehead atoms. The molecule has 1 aromatic rings. The largest absolute Gasteiger partial charge is 0.481 e. The number of rotatable bonds is 16. The van der Waals surface area contributed by atoms with E-state index in [0.717, 1.165) is 0 Å². The summed E-state index contributed by atoms with van der Waals surface area (Å²) in [6.45, 7) is 1.55. The summed E-state index contributed by atoms with van der Waals surface area (Å²) in [4.78, 5) is 60.5. The number of carboxylic acids is 2. The van der Waals surface area contributed by atoms with Crippen LogP contribution in [0.1, 0.15) is 38.2 Å². The van der Waals surface area contributed by atoms with Crippen molar-refractivity contribution in [3.63, 3.8) is 0 Å². The van der Waals surface area contributed by atoms with Gasteiger partial charge in [0.15, 0.2) is 0 Å². The minimum atomic E-state index is -1.54. The van der Waals surface area contributed by atoms with E-state index in [1.165, 1.54) is 6.92 Å². The van der Waals surface area contributed by atoms with Gasteiger partial charge in [-0.25, -0.2) is 4.79 Å².